The van der Waals surface area contributed by atoms with Gasteiger partial charge in [0.25, 0.3) is 0 Å². The van der Waals surface area contributed by atoms with Crippen LogP contribution in [0.25, 0.3) is 0 Å². The number of ether oxygens (including phenoxy) is 1. The van der Waals surface area contributed by atoms with Gasteiger partial charge in [0.2, 0.25) is 0 Å². The normalized spacial score (nSPS) is 24.4. The standard InChI is InChI=1S/C14H21ClN4O/c1-17-5-7-18(8-6-17)9-11-10-19(16)13-4-2-3-12(15)14(13)20-11/h2-4,11H,5-10,16H2,1H3. The van der Waals surface area contributed by atoms with E-state index in [9.17, 15) is 0 Å². The maximum Gasteiger partial charge on any atom is 0.163 e. The molecule has 0 aromatic heterocycles. The smallest absolute Gasteiger partial charge is 0.163 e. The number of para-hydroxylation sites is 1. The van der Waals surface area contributed by atoms with Crippen molar-refractivity contribution in [3.8, 4) is 5.75 Å². The van der Waals surface area contributed by atoms with Crippen molar-refractivity contribution in [3.63, 3.8) is 0 Å². The molecule has 0 amide bonds. The minimum Gasteiger partial charge on any atom is -0.483 e. The van der Waals surface area contributed by atoms with Crippen molar-refractivity contribution < 1.29 is 4.74 Å². The highest BCUT2D eigenvalue weighted by Gasteiger charge is 2.28. The molecule has 2 N–H and O–H groups in total. The summed E-state index contributed by atoms with van der Waals surface area (Å²) in [4.78, 5) is 4.78. The zero-order valence-electron chi connectivity index (χ0n) is 11.8. The zero-order valence-corrected chi connectivity index (χ0v) is 12.5. The van der Waals surface area contributed by atoms with E-state index in [1.807, 2.05) is 18.2 Å². The average Bonchev–Trinajstić information content (AvgIpc) is 2.43. The Kier molecular flexibility index (Phi) is 4.03. The predicted octanol–water partition coefficient (Wildman–Crippen LogP) is 1.03. The third-order valence-electron chi connectivity index (χ3n) is 4.00. The van der Waals surface area contributed by atoms with Gasteiger partial charge < -0.3 is 14.6 Å². The number of likely N-dealkylation sites (N-methyl/N-ethyl adjacent to an activating group) is 1. The van der Waals surface area contributed by atoms with Crippen LogP contribution in [0.5, 0.6) is 5.75 Å². The Labute approximate surface area is 124 Å². The summed E-state index contributed by atoms with van der Waals surface area (Å²) in [5, 5.41) is 2.37. The van der Waals surface area contributed by atoms with E-state index in [2.05, 4.69) is 16.8 Å². The number of nitrogens with two attached hydrogens (primary N) is 1. The highest BCUT2D eigenvalue weighted by Crippen LogP contribution is 2.38. The third kappa shape index (κ3) is 2.86. The number of nitrogens with zero attached hydrogens (tertiary/aromatic N) is 3. The van der Waals surface area contributed by atoms with Gasteiger partial charge >= 0.3 is 0 Å². The molecule has 0 radical (unpaired) electrons. The van der Waals surface area contributed by atoms with E-state index in [1.165, 1.54) is 0 Å². The second kappa shape index (κ2) is 5.77. The first kappa shape index (κ1) is 13.9. The van der Waals surface area contributed by atoms with Gasteiger partial charge in [0.15, 0.2) is 5.75 Å². The van der Waals surface area contributed by atoms with E-state index in [-0.39, 0.29) is 6.10 Å². The van der Waals surface area contributed by atoms with E-state index >= 15 is 0 Å². The highest BCUT2D eigenvalue weighted by atomic mass is 35.5. The number of hydrogen-bond acceptors (Lipinski definition) is 5. The molecule has 1 atom stereocenters. The molecule has 0 aliphatic carbocycles. The molecule has 0 spiro atoms. The summed E-state index contributed by atoms with van der Waals surface area (Å²) in [5.74, 6) is 6.81. The molecule has 2 aliphatic rings. The minimum absolute atomic E-state index is 0.0656. The summed E-state index contributed by atoms with van der Waals surface area (Å²) in [6.07, 6.45) is 0.0656. The Morgan fingerprint density at radius 1 is 1.30 bits per heavy atom. The molecule has 6 heteroatoms. The number of anilines is 1. The first-order valence-electron chi connectivity index (χ1n) is 7.02. The van der Waals surface area contributed by atoms with Crippen molar-refractivity contribution in [1.82, 2.24) is 9.80 Å². The SMILES string of the molecule is CN1CCN(CC2CN(N)c3cccc(Cl)c3O2)CC1. The molecule has 1 aromatic carbocycles. The molecule has 0 bridgehead atoms. The molecule has 1 aromatic rings. The lowest BCUT2D eigenvalue weighted by Crippen LogP contribution is -2.52. The van der Waals surface area contributed by atoms with Gasteiger partial charge in [0.1, 0.15) is 6.10 Å². The summed E-state index contributed by atoms with van der Waals surface area (Å²) in [6.45, 7) is 5.96. The quantitative estimate of drug-likeness (QED) is 0.826. The first-order chi connectivity index (χ1) is 9.63. The summed E-state index contributed by atoms with van der Waals surface area (Å²) in [6, 6.07) is 5.67. The largest absolute Gasteiger partial charge is 0.483 e. The Morgan fingerprint density at radius 2 is 2.05 bits per heavy atom. The van der Waals surface area contributed by atoms with E-state index < -0.39 is 0 Å². The number of rotatable bonds is 2. The molecule has 1 unspecified atom stereocenters. The summed E-state index contributed by atoms with van der Waals surface area (Å²) in [7, 11) is 2.16. The van der Waals surface area contributed by atoms with Gasteiger partial charge in [-0.3, -0.25) is 4.90 Å². The molecule has 1 fully saturated rings. The van der Waals surface area contributed by atoms with Crippen LogP contribution in [0.15, 0.2) is 18.2 Å². The molecular formula is C14H21ClN4O. The molecule has 0 saturated carbocycles. The van der Waals surface area contributed by atoms with Gasteiger partial charge in [0, 0.05) is 32.7 Å². The Hall–Kier alpha value is -1.01. The van der Waals surface area contributed by atoms with Crippen LogP contribution in [-0.4, -0.2) is 62.2 Å². The molecule has 2 aliphatic heterocycles. The van der Waals surface area contributed by atoms with E-state index in [1.54, 1.807) is 5.01 Å². The molecule has 20 heavy (non-hydrogen) atoms. The molecule has 110 valence electrons. The van der Waals surface area contributed by atoms with Gasteiger partial charge in [-0.15, -0.1) is 0 Å². The summed E-state index contributed by atoms with van der Waals surface area (Å²) >= 11 is 6.21. The fraction of sp³-hybridized carbons (Fsp3) is 0.571. The number of benzene rings is 1. The van der Waals surface area contributed by atoms with E-state index in [0.29, 0.717) is 17.3 Å². The second-order valence-electron chi connectivity index (χ2n) is 5.58. The predicted molar refractivity (Wildman–Crippen MR) is 81.3 cm³/mol. The topological polar surface area (TPSA) is 45.0 Å². The third-order valence-corrected chi connectivity index (χ3v) is 4.30. The lowest BCUT2D eigenvalue weighted by molar-refractivity contribution is 0.0917. The first-order valence-corrected chi connectivity index (χ1v) is 7.39. The van der Waals surface area contributed by atoms with Crippen LogP contribution in [0.3, 0.4) is 0 Å². The Morgan fingerprint density at radius 3 is 2.80 bits per heavy atom. The highest BCUT2D eigenvalue weighted by molar-refractivity contribution is 6.32. The fourth-order valence-electron chi connectivity index (χ4n) is 2.78. The van der Waals surface area contributed by atoms with Gasteiger partial charge in [0.05, 0.1) is 17.3 Å². The van der Waals surface area contributed by atoms with Gasteiger partial charge in [-0.2, -0.15) is 0 Å². The minimum atomic E-state index is 0.0656. The lowest BCUT2D eigenvalue weighted by atomic mass is 10.2. The summed E-state index contributed by atoms with van der Waals surface area (Å²) < 4.78 is 6.05. The van der Waals surface area contributed by atoms with Gasteiger partial charge in [-0.1, -0.05) is 17.7 Å². The van der Waals surface area contributed by atoms with Crippen molar-refractivity contribution in [2.24, 2.45) is 5.84 Å². The number of piperazine rings is 1. The van der Waals surface area contributed by atoms with Crippen molar-refractivity contribution in [2.45, 2.75) is 6.10 Å². The number of fused-ring (bicyclic) bond motifs is 1. The molecular weight excluding hydrogens is 276 g/mol. The number of halogens is 1. The number of hydrazine groups is 1. The van der Waals surface area contributed by atoms with Crippen LogP contribution >= 0.6 is 11.6 Å². The van der Waals surface area contributed by atoms with Crippen LogP contribution in [0.1, 0.15) is 0 Å². The van der Waals surface area contributed by atoms with Crippen LogP contribution in [0.4, 0.5) is 5.69 Å². The van der Waals surface area contributed by atoms with Gasteiger partial charge in [-0.05, 0) is 19.2 Å². The van der Waals surface area contributed by atoms with Gasteiger partial charge in [-0.25, -0.2) is 5.84 Å². The maximum atomic E-state index is 6.21. The zero-order chi connectivity index (χ0) is 14.1. The van der Waals surface area contributed by atoms with Crippen molar-refractivity contribution in [2.75, 3.05) is 51.3 Å². The number of hydrogen-bond donors (Lipinski definition) is 1. The van der Waals surface area contributed by atoms with E-state index in [4.69, 9.17) is 22.2 Å². The maximum absolute atomic E-state index is 6.21. The van der Waals surface area contributed by atoms with Crippen LogP contribution in [0.2, 0.25) is 5.02 Å². The Balaban J connectivity index is 1.67. The average molecular weight is 297 g/mol. The molecule has 5 nitrogen and oxygen atoms in total. The van der Waals surface area contributed by atoms with Crippen molar-refractivity contribution >= 4 is 17.3 Å². The van der Waals surface area contributed by atoms with Crippen molar-refractivity contribution in [1.29, 1.82) is 0 Å². The summed E-state index contributed by atoms with van der Waals surface area (Å²) in [5.41, 5.74) is 0.868. The Bertz CT molecular complexity index is 476. The van der Waals surface area contributed by atoms with Crippen molar-refractivity contribution in [3.05, 3.63) is 23.2 Å². The monoisotopic (exact) mass is 296 g/mol. The molecule has 1 saturated heterocycles. The second-order valence-corrected chi connectivity index (χ2v) is 5.99. The van der Waals surface area contributed by atoms with Crippen LogP contribution in [0, 0.1) is 0 Å². The van der Waals surface area contributed by atoms with Crippen LogP contribution in [-0.2, 0) is 0 Å². The van der Waals surface area contributed by atoms with E-state index in [0.717, 1.165) is 38.4 Å². The lowest BCUT2D eigenvalue weighted by Gasteiger charge is -2.38. The van der Waals surface area contributed by atoms with Crippen LogP contribution < -0.4 is 15.6 Å². The molecule has 3 rings (SSSR count). The fourth-order valence-corrected chi connectivity index (χ4v) is 2.99. The molecule has 2 heterocycles.